The van der Waals surface area contributed by atoms with Crippen LogP contribution in [0, 0.1) is 0 Å². The molecule has 72 valence electrons. The molecule has 0 spiro atoms. The zero-order valence-electron chi connectivity index (χ0n) is 7.66. The Morgan fingerprint density at radius 2 is 2.00 bits per heavy atom. The molecule has 1 fully saturated rings. The van der Waals surface area contributed by atoms with Crippen molar-refractivity contribution in [2.24, 2.45) is 0 Å². The van der Waals surface area contributed by atoms with E-state index < -0.39 is 0 Å². The van der Waals surface area contributed by atoms with Crippen molar-refractivity contribution in [1.29, 1.82) is 0 Å². The molecule has 0 bridgehead atoms. The number of urea groups is 1. The largest absolute Gasteiger partial charge is 0.381 e. The van der Waals surface area contributed by atoms with Crippen molar-refractivity contribution < 1.29 is 4.79 Å². The van der Waals surface area contributed by atoms with Crippen molar-refractivity contribution in [3.05, 3.63) is 24.3 Å². The summed E-state index contributed by atoms with van der Waals surface area (Å²) >= 11 is 0. The Bertz CT molecular complexity index is 391. The standard InChI is InChI=1S/C10H11N3O/c14-10-12-6-7-5-11-8-3-1-2-4-9(8)13(7)10/h1-4,7,11H,5-6H2,(H,12,14). The Hall–Kier alpha value is -1.71. The molecule has 2 N–H and O–H groups in total. The molecule has 1 atom stereocenters. The Morgan fingerprint density at radius 3 is 2.93 bits per heavy atom. The number of fused-ring (bicyclic) bond motifs is 3. The van der Waals surface area contributed by atoms with Crippen molar-refractivity contribution >= 4 is 17.4 Å². The van der Waals surface area contributed by atoms with E-state index in [1.165, 1.54) is 0 Å². The first-order valence-corrected chi connectivity index (χ1v) is 4.76. The van der Waals surface area contributed by atoms with Gasteiger partial charge >= 0.3 is 6.03 Å². The molecule has 0 radical (unpaired) electrons. The van der Waals surface area contributed by atoms with Gasteiger partial charge in [0.15, 0.2) is 0 Å². The van der Waals surface area contributed by atoms with Crippen LogP contribution in [0.2, 0.25) is 0 Å². The lowest BCUT2D eigenvalue weighted by Crippen LogP contribution is -2.42. The predicted molar refractivity (Wildman–Crippen MR) is 54.6 cm³/mol. The van der Waals surface area contributed by atoms with Crippen LogP contribution < -0.4 is 15.5 Å². The van der Waals surface area contributed by atoms with Gasteiger partial charge in [-0.1, -0.05) is 12.1 Å². The summed E-state index contributed by atoms with van der Waals surface area (Å²) in [6.45, 7) is 1.57. The highest BCUT2D eigenvalue weighted by molar-refractivity contribution is 5.99. The van der Waals surface area contributed by atoms with Crippen molar-refractivity contribution in [3.8, 4) is 0 Å². The van der Waals surface area contributed by atoms with Crippen LogP contribution in [0.15, 0.2) is 24.3 Å². The first-order chi connectivity index (χ1) is 6.86. The Morgan fingerprint density at radius 1 is 1.21 bits per heavy atom. The van der Waals surface area contributed by atoms with E-state index >= 15 is 0 Å². The average molecular weight is 189 g/mol. The highest BCUT2D eigenvalue weighted by Gasteiger charge is 2.35. The number of amides is 2. The molecule has 2 aliphatic rings. The SMILES string of the molecule is O=C1NCC2CNc3ccccc3N12. The number of carbonyl (C=O) groups is 1. The third kappa shape index (κ3) is 0.907. The molecule has 1 saturated heterocycles. The normalized spacial score (nSPS) is 23.6. The summed E-state index contributed by atoms with van der Waals surface area (Å²) in [7, 11) is 0. The second kappa shape index (κ2) is 2.64. The molecular weight excluding hydrogens is 178 g/mol. The monoisotopic (exact) mass is 189 g/mol. The van der Waals surface area contributed by atoms with Gasteiger partial charge in [-0.25, -0.2) is 4.79 Å². The van der Waals surface area contributed by atoms with Gasteiger partial charge in [-0.3, -0.25) is 4.90 Å². The fraction of sp³-hybridized carbons (Fsp3) is 0.300. The highest BCUT2D eigenvalue weighted by atomic mass is 16.2. The average Bonchev–Trinajstić information content (AvgIpc) is 2.61. The minimum absolute atomic E-state index is 0.0175. The zero-order valence-corrected chi connectivity index (χ0v) is 7.66. The van der Waals surface area contributed by atoms with Gasteiger partial charge in [0.1, 0.15) is 0 Å². The van der Waals surface area contributed by atoms with Crippen molar-refractivity contribution in [3.63, 3.8) is 0 Å². The molecule has 2 aliphatic heterocycles. The third-order valence-corrected chi connectivity index (χ3v) is 2.76. The van der Waals surface area contributed by atoms with Gasteiger partial charge in [0.25, 0.3) is 0 Å². The van der Waals surface area contributed by atoms with Crippen LogP contribution in [0.4, 0.5) is 16.2 Å². The highest BCUT2D eigenvalue weighted by Crippen LogP contribution is 2.32. The molecule has 0 saturated carbocycles. The van der Waals surface area contributed by atoms with Crippen LogP contribution in [0.5, 0.6) is 0 Å². The quantitative estimate of drug-likeness (QED) is 0.639. The van der Waals surface area contributed by atoms with E-state index in [-0.39, 0.29) is 12.1 Å². The van der Waals surface area contributed by atoms with E-state index in [0.717, 1.165) is 24.5 Å². The van der Waals surface area contributed by atoms with Gasteiger partial charge in [-0.2, -0.15) is 0 Å². The fourth-order valence-electron chi connectivity index (χ4n) is 2.08. The lowest BCUT2D eigenvalue weighted by molar-refractivity contribution is 0.251. The third-order valence-electron chi connectivity index (χ3n) is 2.76. The van der Waals surface area contributed by atoms with E-state index in [9.17, 15) is 4.79 Å². The predicted octanol–water partition coefficient (Wildman–Crippen LogP) is 1.01. The zero-order chi connectivity index (χ0) is 9.54. The van der Waals surface area contributed by atoms with Crippen LogP contribution in [0.25, 0.3) is 0 Å². The number of para-hydroxylation sites is 2. The van der Waals surface area contributed by atoms with Gasteiger partial charge in [0, 0.05) is 13.1 Å². The maximum Gasteiger partial charge on any atom is 0.322 e. The Labute approximate surface area is 81.9 Å². The molecule has 4 heteroatoms. The van der Waals surface area contributed by atoms with Gasteiger partial charge in [0.2, 0.25) is 0 Å². The summed E-state index contributed by atoms with van der Waals surface area (Å²) < 4.78 is 0. The molecule has 3 rings (SSSR count). The Kier molecular flexibility index (Phi) is 1.45. The Balaban J connectivity index is 2.11. The van der Waals surface area contributed by atoms with Gasteiger partial charge in [-0.05, 0) is 12.1 Å². The van der Waals surface area contributed by atoms with Crippen LogP contribution in [0.3, 0.4) is 0 Å². The van der Waals surface area contributed by atoms with Crippen molar-refractivity contribution in [2.75, 3.05) is 23.3 Å². The summed E-state index contributed by atoms with van der Waals surface area (Å²) in [5, 5.41) is 6.17. The molecule has 1 aromatic carbocycles. The minimum Gasteiger partial charge on any atom is -0.381 e. The second-order valence-electron chi connectivity index (χ2n) is 3.61. The molecule has 1 unspecified atom stereocenters. The van der Waals surface area contributed by atoms with E-state index in [2.05, 4.69) is 10.6 Å². The molecule has 2 amide bonds. The van der Waals surface area contributed by atoms with E-state index in [1.807, 2.05) is 29.2 Å². The van der Waals surface area contributed by atoms with Crippen LogP contribution >= 0.6 is 0 Å². The molecule has 14 heavy (non-hydrogen) atoms. The minimum atomic E-state index is 0.0175. The first-order valence-electron chi connectivity index (χ1n) is 4.76. The summed E-state index contributed by atoms with van der Waals surface area (Å²) in [4.78, 5) is 13.4. The van der Waals surface area contributed by atoms with Crippen LogP contribution in [0.1, 0.15) is 0 Å². The number of hydrogen-bond donors (Lipinski definition) is 2. The maximum absolute atomic E-state index is 11.6. The number of benzene rings is 1. The second-order valence-corrected chi connectivity index (χ2v) is 3.61. The number of nitrogens with one attached hydrogen (secondary N) is 2. The number of hydrogen-bond acceptors (Lipinski definition) is 2. The molecule has 2 heterocycles. The van der Waals surface area contributed by atoms with Crippen molar-refractivity contribution in [2.45, 2.75) is 6.04 Å². The number of anilines is 2. The molecule has 0 aliphatic carbocycles. The van der Waals surface area contributed by atoms with Gasteiger partial charge < -0.3 is 10.6 Å². The van der Waals surface area contributed by atoms with Gasteiger partial charge in [-0.15, -0.1) is 0 Å². The molecule has 1 aromatic rings. The molecule has 0 aromatic heterocycles. The summed E-state index contributed by atoms with van der Waals surface area (Å²) in [6, 6.07) is 8.17. The summed E-state index contributed by atoms with van der Waals surface area (Å²) in [6.07, 6.45) is 0. The number of nitrogens with zero attached hydrogens (tertiary/aromatic N) is 1. The lowest BCUT2D eigenvalue weighted by atomic mass is 10.1. The number of carbonyl (C=O) groups excluding carboxylic acids is 1. The fourth-order valence-corrected chi connectivity index (χ4v) is 2.08. The number of rotatable bonds is 0. The van der Waals surface area contributed by atoms with Crippen LogP contribution in [-0.4, -0.2) is 25.2 Å². The van der Waals surface area contributed by atoms with Crippen LogP contribution in [-0.2, 0) is 0 Å². The topological polar surface area (TPSA) is 44.4 Å². The maximum atomic E-state index is 11.6. The van der Waals surface area contributed by atoms with E-state index in [4.69, 9.17) is 0 Å². The molecule has 4 nitrogen and oxygen atoms in total. The summed E-state index contributed by atoms with van der Waals surface area (Å²) in [5.41, 5.74) is 2.03. The molecular formula is C10H11N3O. The first kappa shape index (κ1) is 7.67. The lowest BCUT2D eigenvalue weighted by Gasteiger charge is -2.31. The summed E-state index contributed by atoms with van der Waals surface area (Å²) in [5.74, 6) is 0. The van der Waals surface area contributed by atoms with Crippen molar-refractivity contribution in [1.82, 2.24) is 5.32 Å². The van der Waals surface area contributed by atoms with Gasteiger partial charge in [0.05, 0.1) is 17.4 Å². The van der Waals surface area contributed by atoms with E-state index in [0.29, 0.717) is 0 Å². The smallest absolute Gasteiger partial charge is 0.322 e. The van der Waals surface area contributed by atoms with E-state index in [1.54, 1.807) is 0 Å².